The Morgan fingerprint density at radius 3 is 2.39 bits per heavy atom. The zero-order chi connectivity index (χ0) is 31.1. The number of nitrogens with one attached hydrogen (secondary N) is 1. The van der Waals surface area contributed by atoms with Crippen molar-refractivity contribution in [2.75, 3.05) is 6.61 Å². The second kappa shape index (κ2) is 13.7. The number of carbonyl (C=O) groups is 1. The second-order valence-electron chi connectivity index (χ2n) is 9.78. The lowest BCUT2D eigenvalue weighted by atomic mass is 10.1. The number of aromatic nitrogens is 1. The summed E-state index contributed by atoms with van der Waals surface area (Å²) in [7, 11) is 0. The molecular formula is C34H29ClN4O5. The van der Waals surface area contributed by atoms with Gasteiger partial charge in [-0.25, -0.2) is 5.43 Å². The highest BCUT2D eigenvalue weighted by Crippen LogP contribution is 2.37. The fraction of sp³-hybridized carbons (Fsp3) is 0.118. The van der Waals surface area contributed by atoms with E-state index in [9.17, 15) is 14.9 Å². The van der Waals surface area contributed by atoms with E-state index in [2.05, 4.69) is 39.4 Å². The van der Waals surface area contributed by atoms with E-state index in [1.807, 2.05) is 44.2 Å². The number of rotatable bonds is 11. The zero-order valence-electron chi connectivity index (χ0n) is 24.1. The number of aryl methyl sites for hydroxylation is 1. The Morgan fingerprint density at radius 2 is 1.70 bits per heavy atom. The van der Waals surface area contributed by atoms with Crippen LogP contribution < -0.4 is 14.9 Å². The number of benzene rings is 4. The molecule has 0 unspecified atom stereocenters. The van der Waals surface area contributed by atoms with Crippen LogP contribution in [0.4, 0.5) is 5.69 Å². The lowest BCUT2D eigenvalue weighted by molar-refractivity contribution is -0.384. The number of non-ortho nitro benzene ring substituents is 1. The maximum Gasteiger partial charge on any atom is 0.271 e. The van der Waals surface area contributed by atoms with Gasteiger partial charge in [0.1, 0.15) is 6.61 Å². The van der Waals surface area contributed by atoms with Crippen molar-refractivity contribution in [3.63, 3.8) is 0 Å². The Bertz CT molecular complexity index is 1800. The quantitative estimate of drug-likeness (QED) is 0.0936. The Kier molecular flexibility index (Phi) is 9.37. The summed E-state index contributed by atoms with van der Waals surface area (Å²) in [5.74, 6) is 0.376. The van der Waals surface area contributed by atoms with Gasteiger partial charge in [0.05, 0.1) is 28.5 Å². The molecule has 0 saturated heterocycles. The van der Waals surface area contributed by atoms with Crippen LogP contribution in [0, 0.1) is 17.0 Å². The number of nitro groups is 1. The molecule has 0 spiro atoms. The molecule has 0 radical (unpaired) electrons. The van der Waals surface area contributed by atoms with Gasteiger partial charge in [0.25, 0.3) is 11.6 Å². The van der Waals surface area contributed by atoms with Crippen LogP contribution in [0.25, 0.3) is 16.9 Å². The van der Waals surface area contributed by atoms with E-state index in [0.717, 1.165) is 28.2 Å². The van der Waals surface area contributed by atoms with Gasteiger partial charge >= 0.3 is 0 Å². The third-order valence-corrected chi connectivity index (χ3v) is 7.06. The minimum absolute atomic E-state index is 0.000950. The zero-order valence-corrected chi connectivity index (χ0v) is 24.8. The number of ether oxygens (including phenoxy) is 2. The maximum atomic E-state index is 12.8. The first kappa shape index (κ1) is 30.1. The number of nitro benzene ring substituents is 1. The molecule has 5 rings (SSSR count). The summed E-state index contributed by atoms with van der Waals surface area (Å²) < 4.78 is 13.8. The van der Waals surface area contributed by atoms with E-state index in [4.69, 9.17) is 21.1 Å². The van der Waals surface area contributed by atoms with E-state index >= 15 is 0 Å². The Morgan fingerprint density at radius 1 is 0.977 bits per heavy atom. The van der Waals surface area contributed by atoms with Crippen molar-refractivity contribution >= 4 is 29.4 Å². The summed E-state index contributed by atoms with van der Waals surface area (Å²) >= 11 is 6.51. The van der Waals surface area contributed by atoms with Crippen molar-refractivity contribution in [2.45, 2.75) is 20.5 Å². The third-order valence-electron chi connectivity index (χ3n) is 6.78. The summed E-state index contributed by atoms with van der Waals surface area (Å²) in [4.78, 5) is 23.2. The highest BCUT2D eigenvalue weighted by molar-refractivity contribution is 6.32. The molecule has 9 nitrogen and oxygen atoms in total. The number of amides is 1. The second-order valence-corrected chi connectivity index (χ2v) is 10.2. The molecule has 0 atom stereocenters. The van der Waals surface area contributed by atoms with E-state index in [0.29, 0.717) is 29.2 Å². The molecule has 1 aromatic heterocycles. The van der Waals surface area contributed by atoms with Gasteiger partial charge in [-0.2, -0.15) is 5.10 Å². The molecule has 1 heterocycles. The topological polar surface area (TPSA) is 108 Å². The van der Waals surface area contributed by atoms with E-state index in [-0.39, 0.29) is 23.2 Å². The number of nitrogens with zero attached hydrogens (tertiary/aromatic N) is 3. The Balaban J connectivity index is 1.25. The number of hydrazone groups is 1. The third kappa shape index (κ3) is 6.96. The van der Waals surface area contributed by atoms with Crippen LogP contribution in [0.5, 0.6) is 11.5 Å². The minimum Gasteiger partial charge on any atom is -0.490 e. The van der Waals surface area contributed by atoms with Gasteiger partial charge in [-0.1, -0.05) is 41.9 Å². The maximum absolute atomic E-state index is 12.8. The molecule has 0 bridgehead atoms. The largest absolute Gasteiger partial charge is 0.490 e. The van der Waals surface area contributed by atoms with Gasteiger partial charge in [-0.3, -0.25) is 14.9 Å². The normalized spacial score (nSPS) is 11.0. The fourth-order valence-corrected chi connectivity index (χ4v) is 4.92. The van der Waals surface area contributed by atoms with Crippen molar-refractivity contribution in [3.05, 3.63) is 141 Å². The SMILES string of the molecule is CCOc1cc(/C=N/NC(=O)c2ccc(-n3c(C)ccc3-c3ccccc3)cc2)cc(Cl)c1OCc1ccc([N+](=O)[O-])cc1. The van der Waals surface area contributed by atoms with E-state index in [1.54, 1.807) is 36.4 Å². The molecule has 1 amide bonds. The summed E-state index contributed by atoms with van der Waals surface area (Å²) in [6, 6.07) is 31.0. The summed E-state index contributed by atoms with van der Waals surface area (Å²) in [6.45, 7) is 4.38. The fourth-order valence-electron chi connectivity index (χ4n) is 4.64. The highest BCUT2D eigenvalue weighted by atomic mass is 35.5. The number of halogens is 1. The van der Waals surface area contributed by atoms with Crippen molar-refractivity contribution in [2.24, 2.45) is 5.10 Å². The van der Waals surface area contributed by atoms with Gasteiger partial charge < -0.3 is 14.0 Å². The van der Waals surface area contributed by atoms with Gasteiger partial charge in [0.2, 0.25) is 0 Å². The predicted molar refractivity (Wildman–Crippen MR) is 171 cm³/mol. The first-order valence-electron chi connectivity index (χ1n) is 13.8. The van der Waals surface area contributed by atoms with Crippen molar-refractivity contribution in [1.29, 1.82) is 0 Å². The number of carbonyl (C=O) groups excluding carboxylic acids is 1. The van der Waals surface area contributed by atoms with Crippen molar-refractivity contribution < 1.29 is 19.2 Å². The predicted octanol–water partition coefficient (Wildman–Crippen LogP) is 7.76. The first-order valence-corrected chi connectivity index (χ1v) is 14.2. The smallest absolute Gasteiger partial charge is 0.271 e. The highest BCUT2D eigenvalue weighted by Gasteiger charge is 2.14. The van der Waals surface area contributed by atoms with Crippen LogP contribution in [0.1, 0.15) is 34.1 Å². The molecule has 4 aromatic carbocycles. The molecule has 1 N–H and O–H groups in total. The molecular weight excluding hydrogens is 580 g/mol. The standard InChI is InChI=1S/C34H29ClN4O5/c1-3-43-32-20-25(19-30(35)33(32)44-22-24-10-14-29(15-11-24)39(41)42)21-36-37-34(40)27-12-16-28(17-13-27)38-23(2)9-18-31(38)26-7-5-4-6-8-26/h4-21H,3,22H2,1-2H3,(H,37,40)/b36-21+. The molecule has 0 fully saturated rings. The van der Waals surface area contributed by atoms with Crippen LogP contribution in [0.15, 0.2) is 108 Å². The van der Waals surface area contributed by atoms with Crippen LogP contribution in [0.3, 0.4) is 0 Å². The van der Waals surface area contributed by atoms with Crippen LogP contribution in [0.2, 0.25) is 5.02 Å². The first-order chi connectivity index (χ1) is 21.3. The van der Waals surface area contributed by atoms with E-state index in [1.165, 1.54) is 18.3 Å². The Hall–Kier alpha value is -5.41. The van der Waals surface area contributed by atoms with Gasteiger partial charge in [0.15, 0.2) is 11.5 Å². The molecule has 44 heavy (non-hydrogen) atoms. The number of hydrogen-bond acceptors (Lipinski definition) is 6. The lowest BCUT2D eigenvalue weighted by Gasteiger charge is -2.14. The molecule has 222 valence electrons. The van der Waals surface area contributed by atoms with Crippen molar-refractivity contribution in [1.82, 2.24) is 9.99 Å². The molecule has 0 saturated carbocycles. The number of hydrogen-bond donors (Lipinski definition) is 1. The molecule has 10 heteroatoms. The van der Waals surface area contributed by atoms with Crippen molar-refractivity contribution in [3.8, 4) is 28.4 Å². The average Bonchev–Trinajstić information content (AvgIpc) is 3.42. The van der Waals surface area contributed by atoms with E-state index < -0.39 is 4.92 Å². The molecule has 0 aliphatic rings. The summed E-state index contributed by atoms with van der Waals surface area (Å²) in [5, 5.41) is 15.3. The monoisotopic (exact) mass is 608 g/mol. The van der Waals surface area contributed by atoms with Gasteiger partial charge in [0, 0.05) is 29.1 Å². The molecule has 0 aliphatic carbocycles. The summed E-state index contributed by atoms with van der Waals surface area (Å²) in [5.41, 5.74) is 8.54. The minimum atomic E-state index is -0.458. The average molecular weight is 609 g/mol. The summed E-state index contributed by atoms with van der Waals surface area (Å²) in [6.07, 6.45) is 1.47. The van der Waals surface area contributed by atoms with Crippen LogP contribution >= 0.6 is 11.6 Å². The lowest BCUT2D eigenvalue weighted by Crippen LogP contribution is -2.17. The molecule has 5 aromatic rings. The Labute approximate surface area is 259 Å². The molecule has 0 aliphatic heterocycles. The van der Waals surface area contributed by atoms with Gasteiger partial charge in [-0.15, -0.1) is 0 Å². The van der Waals surface area contributed by atoms with Crippen LogP contribution in [-0.2, 0) is 6.61 Å². The van der Waals surface area contributed by atoms with Crippen LogP contribution in [-0.4, -0.2) is 28.2 Å². The van der Waals surface area contributed by atoms with Gasteiger partial charge in [-0.05, 0) is 91.2 Å².